The van der Waals surface area contributed by atoms with Crippen LogP contribution in [0.5, 0.6) is 0 Å². The number of carbonyl (C=O) groups excluding carboxylic acids is 3. The van der Waals surface area contributed by atoms with Crippen molar-refractivity contribution in [2.24, 2.45) is 0 Å². The van der Waals surface area contributed by atoms with Crippen LogP contribution < -0.4 is 0 Å². The molecule has 1 atom stereocenters. The first-order valence-electron chi connectivity index (χ1n) is 28.5. The van der Waals surface area contributed by atoms with Crippen molar-refractivity contribution in [3.63, 3.8) is 0 Å². The van der Waals surface area contributed by atoms with E-state index in [0.717, 1.165) is 103 Å². The van der Waals surface area contributed by atoms with Crippen molar-refractivity contribution in [3.8, 4) is 0 Å². The first kappa shape index (κ1) is 65.1. The molecule has 0 aliphatic carbocycles. The number of allylic oxidation sites excluding steroid dienone is 18. The van der Waals surface area contributed by atoms with Gasteiger partial charge in [0.05, 0.1) is 0 Å². The highest BCUT2D eigenvalue weighted by Crippen LogP contribution is 2.15. The molecule has 0 aliphatic heterocycles. The molecule has 0 saturated heterocycles. The highest BCUT2D eigenvalue weighted by molar-refractivity contribution is 5.71. The maximum Gasteiger partial charge on any atom is 0.306 e. The van der Waals surface area contributed by atoms with Gasteiger partial charge in [0.15, 0.2) is 6.10 Å². The number of hydrogen-bond donors (Lipinski definition) is 0. The van der Waals surface area contributed by atoms with E-state index in [2.05, 4.69) is 106 Å². The van der Waals surface area contributed by atoms with Crippen molar-refractivity contribution in [1.29, 1.82) is 0 Å². The fraction of sp³-hybridized carbons (Fsp3) is 0.667. The Morgan fingerprint density at radius 3 is 1.07 bits per heavy atom. The molecule has 0 fully saturated rings. The number of ether oxygens (including phenoxy) is 3. The number of carbonyl (C=O) groups is 3. The Bertz CT molecular complexity index is 1420. The quantitative estimate of drug-likeness (QED) is 0.0199. The van der Waals surface area contributed by atoms with Gasteiger partial charge in [-0.25, -0.2) is 0 Å². The Labute approximate surface area is 425 Å². The van der Waals surface area contributed by atoms with Crippen LogP contribution in [0.25, 0.3) is 0 Å². The van der Waals surface area contributed by atoms with Crippen LogP contribution in [0.15, 0.2) is 109 Å². The van der Waals surface area contributed by atoms with Crippen LogP contribution in [0.4, 0.5) is 0 Å². The number of hydrogen-bond acceptors (Lipinski definition) is 6. The lowest BCUT2D eigenvalue weighted by molar-refractivity contribution is -0.167. The smallest absolute Gasteiger partial charge is 0.306 e. The summed E-state index contributed by atoms with van der Waals surface area (Å²) in [6.45, 7) is 6.39. The van der Waals surface area contributed by atoms with Crippen molar-refractivity contribution in [2.45, 2.75) is 258 Å². The lowest BCUT2D eigenvalue weighted by Crippen LogP contribution is -2.30. The first-order chi connectivity index (χ1) is 34.0. The zero-order valence-electron chi connectivity index (χ0n) is 44.8. The Morgan fingerprint density at radius 2 is 0.652 bits per heavy atom. The van der Waals surface area contributed by atoms with Crippen LogP contribution >= 0.6 is 0 Å². The molecule has 392 valence electrons. The zero-order chi connectivity index (χ0) is 50.0. The minimum Gasteiger partial charge on any atom is -0.462 e. The molecular formula is C63H104O6. The van der Waals surface area contributed by atoms with Crippen LogP contribution in [-0.2, 0) is 28.6 Å². The molecular weight excluding hydrogens is 853 g/mol. The van der Waals surface area contributed by atoms with Crippen LogP contribution in [0.1, 0.15) is 252 Å². The molecule has 0 radical (unpaired) electrons. The van der Waals surface area contributed by atoms with Gasteiger partial charge in [0.25, 0.3) is 0 Å². The summed E-state index contributed by atoms with van der Waals surface area (Å²) < 4.78 is 16.8. The summed E-state index contributed by atoms with van der Waals surface area (Å²) >= 11 is 0. The van der Waals surface area contributed by atoms with Gasteiger partial charge in [-0.05, 0) is 89.9 Å². The van der Waals surface area contributed by atoms with Crippen molar-refractivity contribution < 1.29 is 28.6 Å². The minimum atomic E-state index is -0.799. The van der Waals surface area contributed by atoms with Gasteiger partial charge in [0, 0.05) is 19.3 Å². The molecule has 0 aromatic rings. The second-order valence-corrected chi connectivity index (χ2v) is 18.6. The lowest BCUT2D eigenvalue weighted by Gasteiger charge is -2.18. The van der Waals surface area contributed by atoms with E-state index in [1.54, 1.807) is 0 Å². The SMILES string of the molecule is CC/C=C\C/C=C\CCCCCCCCCC(=O)OCC(COC(=O)CCCCCCCCCCCC/C=C\C=C/CCCCC)OC(=O)CCCCCCC\C=C/C=C\C=C/C=C\C=C/CCC. The van der Waals surface area contributed by atoms with Gasteiger partial charge in [-0.1, -0.05) is 252 Å². The second kappa shape index (κ2) is 56.7. The lowest BCUT2D eigenvalue weighted by atomic mass is 10.1. The van der Waals surface area contributed by atoms with E-state index in [-0.39, 0.29) is 31.1 Å². The Balaban J connectivity index is 4.45. The van der Waals surface area contributed by atoms with Gasteiger partial charge in [-0.2, -0.15) is 0 Å². The molecule has 0 aromatic carbocycles. The standard InChI is InChI=1S/C63H104O6/c1-4-7-10-13-16-19-22-25-28-30-32-34-35-38-41-44-47-50-53-56-62(65)68-59-60(58-67-61(64)55-52-49-46-43-40-37-27-24-21-18-15-12-9-6-3)69-63(66)57-54-51-48-45-42-39-36-33-31-29-26-23-20-17-14-11-8-5-2/h9,11-12,14,16-23,25-26,29,31,33,36,60H,4-8,10,13,15,24,27-28,30,32,34-35,37-59H2,1-3H3/b12-9-,14-11-,19-16-,20-17-,21-18-,25-22-,26-23-,31-29-,36-33-. The average Bonchev–Trinajstić information content (AvgIpc) is 3.35. The Hall–Kier alpha value is -3.93. The van der Waals surface area contributed by atoms with E-state index in [0.29, 0.717) is 19.3 Å². The van der Waals surface area contributed by atoms with Crippen molar-refractivity contribution in [2.75, 3.05) is 13.2 Å². The van der Waals surface area contributed by atoms with E-state index >= 15 is 0 Å². The molecule has 0 spiro atoms. The van der Waals surface area contributed by atoms with Crippen LogP contribution in [-0.4, -0.2) is 37.2 Å². The molecule has 0 aliphatic rings. The number of unbranched alkanes of at least 4 members (excludes halogenated alkanes) is 26. The Morgan fingerprint density at radius 1 is 0.319 bits per heavy atom. The monoisotopic (exact) mass is 957 g/mol. The molecule has 0 heterocycles. The van der Waals surface area contributed by atoms with E-state index in [9.17, 15) is 14.4 Å². The van der Waals surface area contributed by atoms with E-state index in [1.165, 1.54) is 109 Å². The third-order valence-electron chi connectivity index (χ3n) is 11.9. The van der Waals surface area contributed by atoms with E-state index < -0.39 is 6.10 Å². The summed E-state index contributed by atoms with van der Waals surface area (Å²) in [6, 6.07) is 0. The molecule has 6 nitrogen and oxygen atoms in total. The third-order valence-corrected chi connectivity index (χ3v) is 11.9. The van der Waals surface area contributed by atoms with Gasteiger partial charge in [0.2, 0.25) is 0 Å². The van der Waals surface area contributed by atoms with Crippen molar-refractivity contribution in [3.05, 3.63) is 109 Å². The predicted octanol–water partition coefficient (Wildman–Crippen LogP) is 19.1. The molecule has 69 heavy (non-hydrogen) atoms. The fourth-order valence-electron chi connectivity index (χ4n) is 7.62. The largest absolute Gasteiger partial charge is 0.462 e. The molecule has 0 N–H and O–H groups in total. The van der Waals surface area contributed by atoms with E-state index in [1.807, 2.05) is 24.3 Å². The molecule has 0 aromatic heterocycles. The average molecular weight is 958 g/mol. The molecule has 0 amide bonds. The fourth-order valence-corrected chi connectivity index (χ4v) is 7.62. The van der Waals surface area contributed by atoms with Gasteiger partial charge in [0.1, 0.15) is 13.2 Å². The molecule has 0 rings (SSSR count). The molecule has 1 unspecified atom stereocenters. The van der Waals surface area contributed by atoms with E-state index in [4.69, 9.17) is 14.2 Å². The normalized spacial score (nSPS) is 12.9. The highest BCUT2D eigenvalue weighted by atomic mass is 16.6. The Kier molecular flexibility index (Phi) is 53.4. The van der Waals surface area contributed by atoms with Gasteiger partial charge in [-0.3, -0.25) is 14.4 Å². The van der Waals surface area contributed by atoms with Crippen molar-refractivity contribution in [1.82, 2.24) is 0 Å². The molecule has 0 saturated carbocycles. The molecule has 6 heteroatoms. The maximum atomic E-state index is 12.9. The summed E-state index contributed by atoms with van der Waals surface area (Å²) in [5.41, 5.74) is 0. The summed E-state index contributed by atoms with van der Waals surface area (Å²) in [4.78, 5) is 38.2. The summed E-state index contributed by atoms with van der Waals surface area (Å²) in [7, 11) is 0. The third kappa shape index (κ3) is 54.9. The first-order valence-corrected chi connectivity index (χ1v) is 28.5. The maximum absolute atomic E-state index is 12.9. The number of esters is 3. The van der Waals surface area contributed by atoms with Crippen LogP contribution in [0.3, 0.4) is 0 Å². The topological polar surface area (TPSA) is 78.9 Å². The number of rotatable bonds is 50. The molecule has 0 bridgehead atoms. The van der Waals surface area contributed by atoms with Gasteiger partial charge >= 0.3 is 17.9 Å². The predicted molar refractivity (Wildman–Crippen MR) is 297 cm³/mol. The highest BCUT2D eigenvalue weighted by Gasteiger charge is 2.19. The van der Waals surface area contributed by atoms with Gasteiger partial charge in [-0.15, -0.1) is 0 Å². The van der Waals surface area contributed by atoms with Crippen LogP contribution in [0.2, 0.25) is 0 Å². The van der Waals surface area contributed by atoms with Crippen molar-refractivity contribution >= 4 is 17.9 Å². The summed E-state index contributed by atoms with van der Waals surface area (Å²) in [5.74, 6) is -0.931. The summed E-state index contributed by atoms with van der Waals surface area (Å²) in [5, 5.41) is 0. The van der Waals surface area contributed by atoms with Gasteiger partial charge < -0.3 is 14.2 Å². The zero-order valence-corrected chi connectivity index (χ0v) is 44.8. The van der Waals surface area contributed by atoms with Crippen LogP contribution in [0, 0.1) is 0 Å². The minimum absolute atomic E-state index is 0.0945. The second-order valence-electron chi connectivity index (χ2n) is 18.6. The summed E-state index contributed by atoms with van der Waals surface area (Å²) in [6.07, 6.45) is 76.4.